The highest BCUT2D eigenvalue weighted by Crippen LogP contribution is 2.34. The van der Waals surface area contributed by atoms with Crippen LogP contribution in [0.1, 0.15) is 64.2 Å². The van der Waals surface area contributed by atoms with Crippen LogP contribution in [-0.2, 0) is 0 Å². The molecule has 3 rings (SSSR count). The highest BCUT2D eigenvalue weighted by atomic mass is 16.5. The zero-order chi connectivity index (χ0) is 30.9. The SMILES string of the molecule is CCN(CC)CCOc1ccc(C(c2ccc(OCCN(CC)CC)cc2)c2ccc(OCCN(CC)CC)cc2)cc1. The monoisotopic (exact) mass is 589 g/mol. The van der Waals surface area contributed by atoms with Crippen molar-refractivity contribution in [1.29, 1.82) is 0 Å². The van der Waals surface area contributed by atoms with Gasteiger partial charge < -0.3 is 28.9 Å². The largest absolute Gasteiger partial charge is 0.492 e. The van der Waals surface area contributed by atoms with Gasteiger partial charge >= 0.3 is 0 Å². The predicted octanol–water partition coefficient (Wildman–Crippen LogP) is 7.03. The smallest absolute Gasteiger partial charge is 0.119 e. The van der Waals surface area contributed by atoms with E-state index in [9.17, 15) is 0 Å². The summed E-state index contributed by atoms with van der Waals surface area (Å²) in [6.45, 7) is 24.3. The number of ether oxygens (including phenoxy) is 3. The van der Waals surface area contributed by atoms with Crippen LogP contribution in [0.4, 0.5) is 0 Å². The minimum atomic E-state index is 0.0826. The summed E-state index contributed by atoms with van der Waals surface area (Å²) in [5, 5.41) is 0. The Bertz CT molecular complexity index is 977. The zero-order valence-electron chi connectivity index (χ0n) is 27.6. The lowest BCUT2D eigenvalue weighted by atomic mass is 9.85. The molecule has 0 radical (unpaired) electrons. The molecule has 0 bridgehead atoms. The van der Waals surface area contributed by atoms with Crippen molar-refractivity contribution in [1.82, 2.24) is 14.7 Å². The van der Waals surface area contributed by atoms with E-state index in [2.05, 4.69) is 129 Å². The van der Waals surface area contributed by atoms with Gasteiger partial charge in [-0.25, -0.2) is 0 Å². The first-order chi connectivity index (χ1) is 21.0. The van der Waals surface area contributed by atoms with Crippen molar-refractivity contribution in [2.24, 2.45) is 0 Å². The Morgan fingerprint density at radius 2 is 0.628 bits per heavy atom. The van der Waals surface area contributed by atoms with Crippen LogP contribution in [0.2, 0.25) is 0 Å². The third kappa shape index (κ3) is 11.2. The molecule has 6 nitrogen and oxygen atoms in total. The Morgan fingerprint density at radius 1 is 0.395 bits per heavy atom. The molecule has 0 unspecified atom stereocenters. The quantitative estimate of drug-likeness (QED) is 0.124. The molecule has 0 saturated carbocycles. The molecular formula is C37H55N3O3. The summed E-state index contributed by atoms with van der Waals surface area (Å²) in [5.41, 5.74) is 3.67. The van der Waals surface area contributed by atoms with Gasteiger partial charge in [0.15, 0.2) is 0 Å². The molecule has 3 aromatic rings. The first-order valence-electron chi connectivity index (χ1n) is 16.4. The topological polar surface area (TPSA) is 37.4 Å². The Hall–Kier alpha value is -3.06. The highest BCUT2D eigenvalue weighted by Gasteiger charge is 2.18. The Morgan fingerprint density at radius 3 is 0.837 bits per heavy atom. The average molecular weight is 590 g/mol. The van der Waals surface area contributed by atoms with Crippen LogP contribution in [0.25, 0.3) is 0 Å². The van der Waals surface area contributed by atoms with Crippen LogP contribution in [-0.4, -0.2) is 93.4 Å². The van der Waals surface area contributed by atoms with Crippen LogP contribution in [0.3, 0.4) is 0 Å². The number of likely N-dealkylation sites (N-methyl/N-ethyl adjacent to an activating group) is 3. The second kappa shape index (κ2) is 19.3. The van der Waals surface area contributed by atoms with Gasteiger partial charge in [-0.2, -0.15) is 0 Å². The molecular weight excluding hydrogens is 534 g/mol. The molecule has 0 amide bonds. The van der Waals surface area contributed by atoms with Crippen molar-refractivity contribution in [3.8, 4) is 17.2 Å². The molecule has 0 aliphatic carbocycles. The van der Waals surface area contributed by atoms with E-state index in [1.165, 1.54) is 16.7 Å². The van der Waals surface area contributed by atoms with Crippen LogP contribution in [0, 0.1) is 0 Å². The van der Waals surface area contributed by atoms with Gasteiger partial charge in [0.1, 0.15) is 37.1 Å². The van der Waals surface area contributed by atoms with E-state index in [0.717, 1.165) is 76.2 Å². The van der Waals surface area contributed by atoms with Gasteiger partial charge in [0.05, 0.1) is 0 Å². The first-order valence-corrected chi connectivity index (χ1v) is 16.4. The standard InChI is InChI=1S/C37H55N3O3/c1-7-38(8-2)25-28-41-34-19-13-31(14-20-34)37(32-15-21-35(22-16-32)42-29-26-39(9-3)10-4)33-17-23-36(24-18-33)43-30-27-40(11-5)12-6/h13-24,37H,7-12,25-30H2,1-6H3. The number of nitrogens with zero attached hydrogens (tertiary/aromatic N) is 3. The first kappa shape index (κ1) is 34.4. The Kier molecular flexibility index (Phi) is 15.4. The maximum absolute atomic E-state index is 6.08. The van der Waals surface area contributed by atoms with E-state index in [1.807, 2.05) is 0 Å². The van der Waals surface area contributed by atoms with Crippen LogP contribution in [0.15, 0.2) is 72.8 Å². The Labute approximate surface area is 261 Å². The lowest BCUT2D eigenvalue weighted by Gasteiger charge is -2.21. The van der Waals surface area contributed by atoms with E-state index in [4.69, 9.17) is 14.2 Å². The second-order valence-corrected chi connectivity index (χ2v) is 10.8. The molecule has 0 aromatic heterocycles. The number of hydrogen-bond acceptors (Lipinski definition) is 6. The molecule has 0 spiro atoms. The van der Waals surface area contributed by atoms with Gasteiger partial charge in [-0.05, 0) is 92.4 Å². The summed E-state index contributed by atoms with van der Waals surface area (Å²) in [7, 11) is 0. The summed E-state index contributed by atoms with van der Waals surface area (Å²) in [6, 6.07) is 25.8. The minimum Gasteiger partial charge on any atom is -0.492 e. The van der Waals surface area contributed by atoms with E-state index in [0.29, 0.717) is 19.8 Å². The molecule has 3 aromatic carbocycles. The van der Waals surface area contributed by atoms with E-state index in [-0.39, 0.29) is 5.92 Å². The van der Waals surface area contributed by atoms with Gasteiger partial charge in [0, 0.05) is 25.6 Å². The van der Waals surface area contributed by atoms with E-state index < -0.39 is 0 Å². The molecule has 0 aliphatic heterocycles. The van der Waals surface area contributed by atoms with Gasteiger partial charge in [-0.15, -0.1) is 0 Å². The maximum Gasteiger partial charge on any atom is 0.119 e. The molecule has 0 fully saturated rings. The Balaban J connectivity index is 1.76. The predicted molar refractivity (Wildman–Crippen MR) is 180 cm³/mol. The molecule has 0 aliphatic rings. The summed E-state index contributed by atoms with van der Waals surface area (Å²) >= 11 is 0. The highest BCUT2D eigenvalue weighted by molar-refractivity contribution is 5.46. The molecule has 43 heavy (non-hydrogen) atoms. The summed E-state index contributed by atoms with van der Waals surface area (Å²) in [4.78, 5) is 7.12. The molecule has 0 atom stereocenters. The van der Waals surface area contributed by atoms with Gasteiger partial charge in [0.25, 0.3) is 0 Å². The minimum absolute atomic E-state index is 0.0826. The van der Waals surface area contributed by atoms with Crippen molar-refractivity contribution in [2.75, 3.05) is 78.7 Å². The number of benzene rings is 3. The maximum atomic E-state index is 6.08. The molecule has 0 N–H and O–H groups in total. The fraction of sp³-hybridized carbons (Fsp3) is 0.514. The second-order valence-electron chi connectivity index (χ2n) is 10.8. The van der Waals surface area contributed by atoms with Crippen molar-refractivity contribution >= 4 is 0 Å². The van der Waals surface area contributed by atoms with Gasteiger partial charge in [-0.3, -0.25) is 0 Å². The lowest BCUT2D eigenvalue weighted by Crippen LogP contribution is -2.27. The molecule has 236 valence electrons. The molecule has 6 heteroatoms. The van der Waals surface area contributed by atoms with Crippen molar-refractivity contribution in [3.63, 3.8) is 0 Å². The third-order valence-corrected chi connectivity index (χ3v) is 8.35. The summed E-state index contributed by atoms with van der Waals surface area (Å²) < 4.78 is 18.2. The average Bonchev–Trinajstić information content (AvgIpc) is 3.05. The van der Waals surface area contributed by atoms with Crippen LogP contribution >= 0.6 is 0 Å². The third-order valence-electron chi connectivity index (χ3n) is 8.35. The summed E-state index contributed by atoms with van der Waals surface area (Å²) in [6.07, 6.45) is 0. The molecule has 0 heterocycles. The van der Waals surface area contributed by atoms with Crippen molar-refractivity contribution < 1.29 is 14.2 Å². The van der Waals surface area contributed by atoms with E-state index >= 15 is 0 Å². The lowest BCUT2D eigenvalue weighted by molar-refractivity contribution is 0.223. The van der Waals surface area contributed by atoms with Crippen LogP contribution in [0.5, 0.6) is 17.2 Å². The van der Waals surface area contributed by atoms with Crippen molar-refractivity contribution in [3.05, 3.63) is 89.5 Å². The van der Waals surface area contributed by atoms with Crippen LogP contribution < -0.4 is 14.2 Å². The number of hydrogen-bond donors (Lipinski definition) is 0. The molecule has 0 saturated heterocycles. The van der Waals surface area contributed by atoms with Crippen molar-refractivity contribution in [2.45, 2.75) is 47.5 Å². The normalized spacial score (nSPS) is 11.6. The van der Waals surface area contributed by atoms with Gasteiger partial charge in [0.2, 0.25) is 0 Å². The zero-order valence-corrected chi connectivity index (χ0v) is 27.6. The van der Waals surface area contributed by atoms with Gasteiger partial charge in [-0.1, -0.05) is 77.9 Å². The fourth-order valence-corrected chi connectivity index (χ4v) is 5.34. The van der Waals surface area contributed by atoms with E-state index in [1.54, 1.807) is 0 Å². The summed E-state index contributed by atoms with van der Waals surface area (Å²) in [5.74, 6) is 2.80. The number of rotatable bonds is 21. The fourth-order valence-electron chi connectivity index (χ4n) is 5.34.